The van der Waals surface area contributed by atoms with Crippen LogP contribution in [0.3, 0.4) is 0 Å². The SMILES string of the molecule is CCc1cccc(NC(=O)N2CCCC2C(C)(C)O)c1. The molecule has 0 aliphatic carbocycles. The van der Waals surface area contributed by atoms with Gasteiger partial charge in [0.05, 0.1) is 11.6 Å². The first-order valence-corrected chi connectivity index (χ1v) is 7.30. The number of amides is 2. The fourth-order valence-corrected chi connectivity index (χ4v) is 2.81. The normalized spacial score (nSPS) is 19.2. The number of rotatable bonds is 3. The van der Waals surface area contributed by atoms with Gasteiger partial charge in [-0.25, -0.2) is 4.79 Å². The van der Waals surface area contributed by atoms with Crippen molar-refractivity contribution in [2.24, 2.45) is 0 Å². The second-order valence-corrected chi connectivity index (χ2v) is 5.99. The Balaban J connectivity index is 2.07. The summed E-state index contributed by atoms with van der Waals surface area (Å²) in [6.07, 6.45) is 2.74. The largest absolute Gasteiger partial charge is 0.388 e. The van der Waals surface area contributed by atoms with Crippen molar-refractivity contribution in [2.45, 2.75) is 51.7 Å². The zero-order valence-electron chi connectivity index (χ0n) is 12.5. The number of anilines is 1. The van der Waals surface area contributed by atoms with Crippen LogP contribution in [0, 0.1) is 0 Å². The number of hydrogen-bond acceptors (Lipinski definition) is 2. The molecule has 1 atom stereocenters. The predicted molar refractivity (Wildman–Crippen MR) is 80.9 cm³/mol. The van der Waals surface area contributed by atoms with Gasteiger partial charge in [-0.3, -0.25) is 0 Å². The third-order valence-corrected chi connectivity index (χ3v) is 3.92. The van der Waals surface area contributed by atoms with Crippen LogP contribution in [0.5, 0.6) is 0 Å². The van der Waals surface area contributed by atoms with Crippen molar-refractivity contribution in [3.8, 4) is 0 Å². The highest BCUT2D eigenvalue weighted by Gasteiger charge is 2.38. The minimum absolute atomic E-state index is 0.114. The van der Waals surface area contributed by atoms with Gasteiger partial charge in [0.25, 0.3) is 0 Å². The van der Waals surface area contributed by atoms with Crippen LogP contribution >= 0.6 is 0 Å². The fraction of sp³-hybridized carbons (Fsp3) is 0.562. The van der Waals surface area contributed by atoms with E-state index in [-0.39, 0.29) is 12.1 Å². The summed E-state index contributed by atoms with van der Waals surface area (Å²) < 4.78 is 0. The summed E-state index contributed by atoms with van der Waals surface area (Å²) >= 11 is 0. The predicted octanol–water partition coefficient (Wildman–Crippen LogP) is 3.02. The summed E-state index contributed by atoms with van der Waals surface area (Å²) in [6, 6.07) is 7.65. The Morgan fingerprint density at radius 3 is 2.90 bits per heavy atom. The zero-order valence-corrected chi connectivity index (χ0v) is 12.5. The monoisotopic (exact) mass is 276 g/mol. The number of aliphatic hydroxyl groups is 1. The molecular weight excluding hydrogens is 252 g/mol. The lowest BCUT2D eigenvalue weighted by atomic mass is 9.97. The van der Waals surface area contributed by atoms with Gasteiger partial charge in [-0.2, -0.15) is 0 Å². The van der Waals surface area contributed by atoms with Crippen molar-refractivity contribution in [3.63, 3.8) is 0 Å². The Kier molecular flexibility index (Phi) is 4.33. The van der Waals surface area contributed by atoms with E-state index in [1.165, 1.54) is 5.56 Å². The van der Waals surface area contributed by atoms with Gasteiger partial charge < -0.3 is 15.3 Å². The molecule has 1 saturated heterocycles. The van der Waals surface area contributed by atoms with Crippen LogP contribution in [-0.4, -0.2) is 34.2 Å². The summed E-state index contributed by atoms with van der Waals surface area (Å²) in [6.45, 7) is 6.32. The minimum Gasteiger partial charge on any atom is -0.388 e. The van der Waals surface area contributed by atoms with E-state index >= 15 is 0 Å². The first-order valence-electron chi connectivity index (χ1n) is 7.30. The van der Waals surface area contributed by atoms with Gasteiger partial charge in [-0.05, 0) is 50.8 Å². The highest BCUT2D eigenvalue weighted by Crippen LogP contribution is 2.27. The van der Waals surface area contributed by atoms with Crippen molar-refractivity contribution in [1.82, 2.24) is 4.90 Å². The Bertz CT molecular complexity index is 480. The standard InChI is InChI=1S/C16H24N2O2/c1-4-12-7-5-8-13(11-12)17-15(19)18-10-6-9-14(18)16(2,3)20/h5,7-8,11,14,20H,4,6,9-10H2,1-3H3,(H,17,19). The van der Waals surface area contributed by atoms with Gasteiger partial charge in [-0.1, -0.05) is 19.1 Å². The van der Waals surface area contributed by atoms with Crippen LogP contribution in [-0.2, 0) is 6.42 Å². The van der Waals surface area contributed by atoms with E-state index < -0.39 is 5.60 Å². The molecule has 0 saturated carbocycles. The number of likely N-dealkylation sites (tertiary alicyclic amines) is 1. The zero-order chi connectivity index (χ0) is 14.8. The first-order chi connectivity index (χ1) is 9.41. The maximum absolute atomic E-state index is 12.4. The van der Waals surface area contributed by atoms with Crippen molar-refractivity contribution in [2.75, 3.05) is 11.9 Å². The van der Waals surface area contributed by atoms with Crippen molar-refractivity contribution < 1.29 is 9.90 Å². The van der Waals surface area contributed by atoms with E-state index in [2.05, 4.69) is 12.2 Å². The molecule has 0 spiro atoms. The van der Waals surface area contributed by atoms with E-state index in [0.717, 1.165) is 24.9 Å². The molecule has 1 aliphatic heterocycles. The number of nitrogens with one attached hydrogen (secondary N) is 1. The lowest BCUT2D eigenvalue weighted by Crippen LogP contribution is -2.49. The molecule has 1 aliphatic rings. The van der Waals surface area contributed by atoms with Gasteiger partial charge in [0.1, 0.15) is 0 Å². The average Bonchev–Trinajstić information content (AvgIpc) is 2.88. The molecular formula is C16H24N2O2. The van der Waals surface area contributed by atoms with Crippen molar-refractivity contribution in [1.29, 1.82) is 0 Å². The molecule has 4 heteroatoms. The van der Waals surface area contributed by atoms with Crippen LogP contribution in [0.25, 0.3) is 0 Å². The Morgan fingerprint density at radius 1 is 1.50 bits per heavy atom. The summed E-state index contributed by atoms with van der Waals surface area (Å²) in [7, 11) is 0. The summed E-state index contributed by atoms with van der Waals surface area (Å²) in [5.41, 5.74) is 1.15. The smallest absolute Gasteiger partial charge is 0.322 e. The average molecular weight is 276 g/mol. The third-order valence-electron chi connectivity index (χ3n) is 3.92. The lowest BCUT2D eigenvalue weighted by molar-refractivity contribution is 0.0117. The van der Waals surface area contributed by atoms with Gasteiger partial charge in [0.2, 0.25) is 0 Å². The maximum atomic E-state index is 12.4. The molecule has 0 aromatic heterocycles. The number of urea groups is 1. The summed E-state index contributed by atoms with van der Waals surface area (Å²) in [4.78, 5) is 14.1. The Hall–Kier alpha value is -1.55. The number of carbonyl (C=O) groups is 1. The molecule has 4 nitrogen and oxygen atoms in total. The third kappa shape index (κ3) is 3.31. The van der Waals surface area contributed by atoms with Crippen LogP contribution in [0.15, 0.2) is 24.3 Å². The van der Waals surface area contributed by atoms with Gasteiger partial charge in [0.15, 0.2) is 0 Å². The molecule has 1 heterocycles. The van der Waals surface area contributed by atoms with Crippen molar-refractivity contribution in [3.05, 3.63) is 29.8 Å². The topological polar surface area (TPSA) is 52.6 Å². The lowest BCUT2D eigenvalue weighted by Gasteiger charge is -2.33. The van der Waals surface area contributed by atoms with Crippen LogP contribution in [0.1, 0.15) is 39.2 Å². The Morgan fingerprint density at radius 2 is 2.25 bits per heavy atom. The molecule has 1 unspecified atom stereocenters. The second kappa shape index (κ2) is 5.83. The molecule has 0 bridgehead atoms. The molecule has 110 valence electrons. The summed E-state index contributed by atoms with van der Waals surface area (Å²) in [5.74, 6) is 0. The Labute approximate surface area is 120 Å². The fourth-order valence-electron chi connectivity index (χ4n) is 2.81. The molecule has 2 amide bonds. The van der Waals surface area contributed by atoms with Gasteiger partial charge in [-0.15, -0.1) is 0 Å². The molecule has 2 rings (SSSR count). The first kappa shape index (κ1) is 14.9. The molecule has 2 N–H and O–H groups in total. The van der Waals surface area contributed by atoms with E-state index in [1.54, 1.807) is 18.7 Å². The number of aryl methyl sites for hydroxylation is 1. The molecule has 1 aromatic rings. The number of carbonyl (C=O) groups excluding carboxylic acids is 1. The highest BCUT2D eigenvalue weighted by molar-refractivity contribution is 5.89. The van der Waals surface area contributed by atoms with Crippen molar-refractivity contribution >= 4 is 11.7 Å². The number of benzene rings is 1. The summed E-state index contributed by atoms with van der Waals surface area (Å²) in [5, 5.41) is 13.1. The molecule has 20 heavy (non-hydrogen) atoms. The van der Waals surface area contributed by atoms with Crippen LogP contribution in [0.4, 0.5) is 10.5 Å². The second-order valence-electron chi connectivity index (χ2n) is 5.99. The van der Waals surface area contributed by atoms with Crippen LogP contribution < -0.4 is 5.32 Å². The molecule has 1 aromatic carbocycles. The van der Waals surface area contributed by atoms with E-state index in [9.17, 15) is 9.90 Å². The highest BCUT2D eigenvalue weighted by atomic mass is 16.3. The van der Waals surface area contributed by atoms with Crippen LogP contribution in [0.2, 0.25) is 0 Å². The molecule has 1 fully saturated rings. The minimum atomic E-state index is -0.862. The van der Waals surface area contributed by atoms with Gasteiger partial charge in [0, 0.05) is 12.2 Å². The van der Waals surface area contributed by atoms with E-state index in [4.69, 9.17) is 0 Å². The number of nitrogens with zero attached hydrogens (tertiary/aromatic N) is 1. The quantitative estimate of drug-likeness (QED) is 0.891. The van der Waals surface area contributed by atoms with E-state index in [1.807, 2.05) is 24.3 Å². The maximum Gasteiger partial charge on any atom is 0.322 e. The molecule has 0 radical (unpaired) electrons. The van der Waals surface area contributed by atoms with Gasteiger partial charge >= 0.3 is 6.03 Å². The number of hydrogen-bond donors (Lipinski definition) is 2. The van der Waals surface area contributed by atoms with E-state index in [0.29, 0.717) is 6.54 Å².